The van der Waals surface area contributed by atoms with Crippen molar-refractivity contribution in [2.75, 3.05) is 0 Å². The van der Waals surface area contributed by atoms with Crippen molar-refractivity contribution < 1.29 is 4.79 Å². The molecule has 78 valence electrons. The Balaban J connectivity index is 1.91. The van der Waals surface area contributed by atoms with E-state index in [0.29, 0.717) is 12.2 Å². The molecular weight excluding hydrogens is 212 g/mol. The Bertz CT molecular complexity index is 448. The van der Waals surface area contributed by atoms with Gasteiger partial charge in [-0.25, -0.2) is 0 Å². The van der Waals surface area contributed by atoms with E-state index < -0.39 is 0 Å². The van der Waals surface area contributed by atoms with Crippen LogP contribution in [0, 0.1) is 6.92 Å². The highest BCUT2D eigenvalue weighted by Gasteiger charge is 2.07. The van der Waals surface area contributed by atoms with E-state index in [4.69, 9.17) is 0 Å². The number of carbonyl (C=O) groups excluding carboxylic acids is 1. The average Bonchev–Trinajstić information content (AvgIpc) is 2.84. The van der Waals surface area contributed by atoms with Crippen molar-refractivity contribution >= 4 is 17.2 Å². The van der Waals surface area contributed by atoms with E-state index in [1.165, 1.54) is 11.1 Å². The number of hydrogen-bond donors (Lipinski definition) is 2. The highest BCUT2D eigenvalue weighted by atomic mass is 32.1. The molecule has 0 aromatic carbocycles. The van der Waals surface area contributed by atoms with Gasteiger partial charge in [-0.15, -0.1) is 11.3 Å². The first-order valence-electron chi connectivity index (χ1n) is 4.45. The maximum atomic E-state index is 11.5. The summed E-state index contributed by atoms with van der Waals surface area (Å²) >= 11 is 1.67. The first-order chi connectivity index (χ1) is 7.25. The van der Waals surface area contributed by atoms with Gasteiger partial charge in [0.1, 0.15) is 0 Å². The summed E-state index contributed by atoms with van der Waals surface area (Å²) < 4.78 is 0. The maximum Gasteiger partial charge on any atom is 0.273 e. The predicted octanol–water partition coefficient (Wildman–Crippen LogP) is 1.10. The molecule has 0 aliphatic carbocycles. The van der Waals surface area contributed by atoms with Crippen LogP contribution in [0.5, 0.6) is 0 Å². The number of aryl methyl sites for hydroxylation is 1. The van der Waals surface area contributed by atoms with Crippen molar-refractivity contribution in [3.8, 4) is 0 Å². The van der Waals surface area contributed by atoms with Gasteiger partial charge >= 0.3 is 0 Å². The van der Waals surface area contributed by atoms with Gasteiger partial charge < -0.3 is 5.32 Å². The Morgan fingerprint density at radius 2 is 2.47 bits per heavy atom. The number of carbonyl (C=O) groups is 1. The largest absolute Gasteiger partial charge is 0.346 e. The van der Waals surface area contributed by atoms with Crippen LogP contribution in [0.25, 0.3) is 0 Å². The lowest BCUT2D eigenvalue weighted by molar-refractivity contribution is 0.0946. The second kappa shape index (κ2) is 4.22. The van der Waals surface area contributed by atoms with E-state index in [-0.39, 0.29) is 5.91 Å². The van der Waals surface area contributed by atoms with Crippen molar-refractivity contribution in [1.82, 2.24) is 20.7 Å². The van der Waals surface area contributed by atoms with Gasteiger partial charge in [-0.2, -0.15) is 15.4 Å². The molecule has 2 N–H and O–H groups in total. The summed E-state index contributed by atoms with van der Waals surface area (Å²) in [5.74, 6) is -0.213. The molecule has 5 nitrogen and oxygen atoms in total. The lowest BCUT2D eigenvalue weighted by Gasteiger charge is -1.99. The minimum absolute atomic E-state index is 0.213. The van der Waals surface area contributed by atoms with Crippen LogP contribution >= 0.6 is 11.3 Å². The van der Waals surface area contributed by atoms with Gasteiger partial charge in [0.15, 0.2) is 5.69 Å². The number of H-pyrrole nitrogens is 1. The molecule has 0 spiro atoms. The maximum absolute atomic E-state index is 11.5. The molecule has 0 unspecified atom stereocenters. The highest BCUT2D eigenvalue weighted by Crippen LogP contribution is 2.14. The molecule has 1 amide bonds. The SMILES string of the molecule is Cc1ccc(CNC(=O)c2cn[nH]n2)s1. The molecule has 0 radical (unpaired) electrons. The second-order valence-electron chi connectivity index (χ2n) is 3.05. The zero-order chi connectivity index (χ0) is 10.7. The van der Waals surface area contributed by atoms with Gasteiger partial charge in [0.25, 0.3) is 5.91 Å². The fourth-order valence-electron chi connectivity index (χ4n) is 1.15. The molecule has 2 rings (SSSR count). The third-order valence-corrected chi connectivity index (χ3v) is 2.87. The van der Waals surface area contributed by atoms with Gasteiger partial charge in [0.2, 0.25) is 0 Å². The summed E-state index contributed by atoms with van der Waals surface area (Å²) in [6.45, 7) is 2.57. The third-order valence-electron chi connectivity index (χ3n) is 1.87. The topological polar surface area (TPSA) is 70.7 Å². The Labute approximate surface area is 90.5 Å². The van der Waals surface area contributed by atoms with E-state index >= 15 is 0 Å². The summed E-state index contributed by atoms with van der Waals surface area (Å²) in [5.41, 5.74) is 0.309. The molecule has 6 heteroatoms. The number of nitrogens with one attached hydrogen (secondary N) is 2. The first kappa shape index (κ1) is 9.85. The number of hydrogen-bond acceptors (Lipinski definition) is 4. The van der Waals surface area contributed by atoms with Crippen molar-refractivity contribution in [3.05, 3.63) is 33.8 Å². The molecule has 15 heavy (non-hydrogen) atoms. The lowest BCUT2D eigenvalue weighted by atomic mass is 10.4. The zero-order valence-electron chi connectivity index (χ0n) is 8.15. The number of aromatic nitrogens is 3. The fraction of sp³-hybridized carbons (Fsp3) is 0.222. The van der Waals surface area contributed by atoms with Crippen LogP contribution in [0.4, 0.5) is 0 Å². The van der Waals surface area contributed by atoms with E-state index in [1.807, 2.05) is 19.1 Å². The second-order valence-corrected chi connectivity index (χ2v) is 4.42. The zero-order valence-corrected chi connectivity index (χ0v) is 8.97. The van der Waals surface area contributed by atoms with Gasteiger partial charge in [-0.1, -0.05) is 0 Å². The molecule has 2 aromatic rings. The summed E-state index contributed by atoms with van der Waals surface area (Å²) in [5, 5.41) is 12.4. The Morgan fingerprint density at radius 3 is 3.07 bits per heavy atom. The standard InChI is InChI=1S/C9H10N4OS/c1-6-2-3-7(15-6)4-10-9(14)8-5-11-13-12-8/h2-3,5H,4H2,1H3,(H,10,14)(H,11,12,13). The first-order valence-corrected chi connectivity index (χ1v) is 5.26. The number of nitrogens with zero attached hydrogens (tertiary/aromatic N) is 2. The van der Waals surface area contributed by atoms with Crippen LogP contribution < -0.4 is 5.32 Å². The van der Waals surface area contributed by atoms with Crippen LogP contribution in [-0.4, -0.2) is 21.3 Å². The molecule has 2 heterocycles. The third kappa shape index (κ3) is 2.41. The van der Waals surface area contributed by atoms with Crippen LogP contribution in [-0.2, 0) is 6.54 Å². The molecule has 0 fully saturated rings. The van der Waals surface area contributed by atoms with E-state index in [2.05, 4.69) is 20.7 Å². The molecule has 0 aliphatic rings. The van der Waals surface area contributed by atoms with Crippen molar-refractivity contribution in [2.45, 2.75) is 13.5 Å². The normalized spacial score (nSPS) is 10.2. The minimum Gasteiger partial charge on any atom is -0.346 e. The fourth-order valence-corrected chi connectivity index (χ4v) is 1.98. The molecule has 0 saturated carbocycles. The lowest BCUT2D eigenvalue weighted by Crippen LogP contribution is -2.22. The molecular formula is C9H10N4OS. The van der Waals surface area contributed by atoms with Crippen molar-refractivity contribution in [1.29, 1.82) is 0 Å². The summed E-state index contributed by atoms with van der Waals surface area (Å²) in [6, 6.07) is 4.03. The van der Waals surface area contributed by atoms with Crippen LogP contribution in [0.1, 0.15) is 20.2 Å². The van der Waals surface area contributed by atoms with Crippen LogP contribution in [0.2, 0.25) is 0 Å². The Kier molecular flexibility index (Phi) is 2.77. The van der Waals surface area contributed by atoms with Gasteiger partial charge in [0, 0.05) is 9.75 Å². The number of aromatic amines is 1. The number of amides is 1. The van der Waals surface area contributed by atoms with Crippen LogP contribution in [0.15, 0.2) is 18.3 Å². The Hall–Kier alpha value is -1.69. The van der Waals surface area contributed by atoms with E-state index in [1.54, 1.807) is 11.3 Å². The van der Waals surface area contributed by atoms with Gasteiger partial charge in [-0.3, -0.25) is 4.79 Å². The monoisotopic (exact) mass is 222 g/mol. The van der Waals surface area contributed by atoms with E-state index in [0.717, 1.165) is 4.88 Å². The summed E-state index contributed by atoms with van der Waals surface area (Å²) in [4.78, 5) is 13.8. The smallest absolute Gasteiger partial charge is 0.273 e. The quantitative estimate of drug-likeness (QED) is 0.817. The van der Waals surface area contributed by atoms with Crippen molar-refractivity contribution in [3.63, 3.8) is 0 Å². The average molecular weight is 222 g/mol. The van der Waals surface area contributed by atoms with Gasteiger partial charge in [-0.05, 0) is 19.1 Å². The molecule has 0 aliphatic heterocycles. The predicted molar refractivity (Wildman–Crippen MR) is 56.6 cm³/mol. The highest BCUT2D eigenvalue weighted by molar-refractivity contribution is 7.11. The molecule has 0 saturated heterocycles. The molecule has 0 bridgehead atoms. The number of rotatable bonds is 3. The van der Waals surface area contributed by atoms with Gasteiger partial charge in [0.05, 0.1) is 12.7 Å². The van der Waals surface area contributed by atoms with Crippen LogP contribution in [0.3, 0.4) is 0 Å². The number of thiophene rings is 1. The summed E-state index contributed by atoms with van der Waals surface area (Å²) in [7, 11) is 0. The Morgan fingerprint density at radius 1 is 1.60 bits per heavy atom. The molecule has 0 atom stereocenters. The van der Waals surface area contributed by atoms with Crippen molar-refractivity contribution in [2.24, 2.45) is 0 Å². The van der Waals surface area contributed by atoms with E-state index in [9.17, 15) is 4.79 Å². The minimum atomic E-state index is -0.213. The molecule has 2 aromatic heterocycles. The summed E-state index contributed by atoms with van der Waals surface area (Å²) in [6.07, 6.45) is 1.40.